The zero-order chi connectivity index (χ0) is 13.8. The summed E-state index contributed by atoms with van der Waals surface area (Å²) in [5, 5.41) is 9.49. The second-order valence-electron chi connectivity index (χ2n) is 3.36. The van der Waals surface area contributed by atoms with Crippen LogP contribution >= 0.6 is 0 Å². The lowest BCUT2D eigenvalue weighted by atomic mass is 10.1. The molecule has 0 saturated carbocycles. The van der Waals surface area contributed by atoms with Gasteiger partial charge < -0.3 is 9.84 Å². The SMILES string of the molecule is CCOC(=O)/C=C(\O)c1ccc(C(F)(F)F)cc1. The van der Waals surface area contributed by atoms with E-state index in [-0.39, 0.29) is 12.2 Å². The molecule has 0 unspecified atom stereocenters. The first-order valence-corrected chi connectivity index (χ1v) is 5.09. The van der Waals surface area contributed by atoms with Crippen LogP contribution in [-0.4, -0.2) is 17.7 Å². The van der Waals surface area contributed by atoms with Gasteiger partial charge in [-0.25, -0.2) is 4.79 Å². The van der Waals surface area contributed by atoms with Gasteiger partial charge in [0.25, 0.3) is 0 Å². The number of carbonyl (C=O) groups excluding carboxylic acids is 1. The van der Waals surface area contributed by atoms with Crippen LogP contribution in [0.2, 0.25) is 0 Å². The molecule has 1 N–H and O–H groups in total. The van der Waals surface area contributed by atoms with Crippen molar-refractivity contribution in [2.45, 2.75) is 13.1 Å². The van der Waals surface area contributed by atoms with E-state index in [1.54, 1.807) is 6.92 Å². The molecule has 0 fully saturated rings. The molecule has 0 spiro atoms. The van der Waals surface area contributed by atoms with Crippen molar-refractivity contribution in [3.05, 3.63) is 41.5 Å². The second-order valence-corrected chi connectivity index (χ2v) is 3.36. The fourth-order valence-corrected chi connectivity index (χ4v) is 1.21. The van der Waals surface area contributed by atoms with Crippen molar-refractivity contribution < 1.29 is 27.8 Å². The van der Waals surface area contributed by atoms with Crippen molar-refractivity contribution in [3.8, 4) is 0 Å². The van der Waals surface area contributed by atoms with Crippen LogP contribution in [0.5, 0.6) is 0 Å². The van der Waals surface area contributed by atoms with Gasteiger partial charge in [0.2, 0.25) is 0 Å². The average molecular weight is 260 g/mol. The van der Waals surface area contributed by atoms with Crippen molar-refractivity contribution in [1.82, 2.24) is 0 Å². The van der Waals surface area contributed by atoms with Crippen molar-refractivity contribution in [1.29, 1.82) is 0 Å². The zero-order valence-corrected chi connectivity index (χ0v) is 9.49. The molecular formula is C12H11F3O3. The Morgan fingerprint density at radius 2 is 1.89 bits per heavy atom. The highest BCUT2D eigenvalue weighted by Crippen LogP contribution is 2.29. The van der Waals surface area contributed by atoms with E-state index >= 15 is 0 Å². The molecule has 0 aliphatic rings. The topological polar surface area (TPSA) is 46.5 Å². The van der Waals surface area contributed by atoms with Crippen LogP contribution < -0.4 is 0 Å². The number of carbonyl (C=O) groups is 1. The first-order chi connectivity index (χ1) is 8.34. The average Bonchev–Trinajstić information content (AvgIpc) is 2.28. The van der Waals surface area contributed by atoms with Crippen molar-refractivity contribution >= 4 is 11.7 Å². The van der Waals surface area contributed by atoms with Crippen LogP contribution in [0.3, 0.4) is 0 Å². The summed E-state index contributed by atoms with van der Waals surface area (Å²) in [6, 6.07) is 3.80. The summed E-state index contributed by atoms with van der Waals surface area (Å²) in [7, 11) is 0. The molecule has 0 radical (unpaired) electrons. The van der Waals surface area contributed by atoms with Crippen LogP contribution in [0.1, 0.15) is 18.1 Å². The Hall–Kier alpha value is -1.98. The minimum absolute atomic E-state index is 0.107. The minimum Gasteiger partial charge on any atom is -0.507 e. The number of esters is 1. The van der Waals surface area contributed by atoms with Gasteiger partial charge in [0.05, 0.1) is 18.2 Å². The fraction of sp³-hybridized carbons (Fsp3) is 0.250. The summed E-state index contributed by atoms with van der Waals surface area (Å²) in [6.45, 7) is 1.75. The number of benzene rings is 1. The molecule has 0 atom stereocenters. The Kier molecular flexibility index (Phi) is 4.36. The summed E-state index contributed by atoms with van der Waals surface area (Å²) in [5.41, 5.74) is -0.716. The lowest BCUT2D eigenvalue weighted by Gasteiger charge is -2.07. The lowest BCUT2D eigenvalue weighted by molar-refractivity contribution is -0.138. The van der Waals surface area contributed by atoms with E-state index in [1.165, 1.54) is 0 Å². The molecule has 0 aliphatic heterocycles. The largest absolute Gasteiger partial charge is 0.507 e. The standard InChI is InChI=1S/C12H11F3O3/c1-2-18-11(17)7-10(16)8-3-5-9(6-4-8)12(13,14)15/h3-7,16H,2H2,1H3/b10-7-. The highest BCUT2D eigenvalue weighted by Gasteiger charge is 2.30. The number of rotatable bonds is 3. The molecule has 0 aromatic heterocycles. The third-order valence-corrected chi connectivity index (χ3v) is 2.05. The van der Waals surface area contributed by atoms with Crippen LogP contribution in [0.4, 0.5) is 13.2 Å². The smallest absolute Gasteiger partial charge is 0.416 e. The van der Waals surface area contributed by atoms with E-state index in [0.29, 0.717) is 0 Å². The number of hydrogen-bond donors (Lipinski definition) is 1. The number of ether oxygens (including phenoxy) is 1. The minimum atomic E-state index is -4.43. The first-order valence-electron chi connectivity index (χ1n) is 5.09. The molecule has 6 heteroatoms. The third-order valence-electron chi connectivity index (χ3n) is 2.05. The molecule has 0 saturated heterocycles. The van der Waals surface area contributed by atoms with Gasteiger partial charge in [-0.1, -0.05) is 12.1 Å². The maximum Gasteiger partial charge on any atom is 0.416 e. The van der Waals surface area contributed by atoms with Crippen molar-refractivity contribution in [2.75, 3.05) is 6.61 Å². The van der Waals surface area contributed by atoms with E-state index in [2.05, 4.69) is 4.74 Å². The summed E-state index contributed by atoms with van der Waals surface area (Å²) in [4.78, 5) is 11.0. The third kappa shape index (κ3) is 3.80. The zero-order valence-electron chi connectivity index (χ0n) is 9.49. The Labute approximate surface area is 101 Å². The number of hydrogen-bond acceptors (Lipinski definition) is 3. The molecule has 3 nitrogen and oxygen atoms in total. The Balaban J connectivity index is 2.89. The van der Waals surface area contributed by atoms with Crippen molar-refractivity contribution in [3.63, 3.8) is 0 Å². The molecular weight excluding hydrogens is 249 g/mol. The summed E-state index contributed by atoms with van der Waals surface area (Å²) < 4.78 is 41.4. The molecule has 0 amide bonds. The predicted molar refractivity (Wildman–Crippen MR) is 58.7 cm³/mol. The van der Waals surface area contributed by atoms with Gasteiger partial charge in [0.1, 0.15) is 5.76 Å². The molecule has 98 valence electrons. The normalized spacial score (nSPS) is 12.3. The van der Waals surface area contributed by atoms with E-state index in [0.717, 1.165) is 30.3 Å². The van der Waals surface area contributed by atoms with Crippen LogP contribution in [-0.2, 0) is 15.7 Å². The van der Waals surface area contributed by atoms with Gasteiger partial charge in [-0.15, -0.1) is 0 Å². The van der Waals surface area contributed by atoms with Gasteiger partial charge in [-0.2, -0.15) is 13.2 Å². The van der Waals surface area contributed by atoms with Gasteiger partial charge in [-0.05, 0) is 19.1 Å². The monoisotopic (exact) mass is 260 g/mol. The fourth-order valence-electron chi connectivity index (χ4n) is 1.21. The maximum absolute atomic E-state index is 12.3. The summed E-state index contributed by atoms with van der Waals surface area (Å²) in [5.74, 6) is -1.20. The van der Waals surface area contributed by atoms with Gasteiger partial charge >= 0.3 is 12.1 Å². The molecule has 1 aromatic carbocycles. The molecule has 0 bridgehead atoms. The van der Waals surface area contributed by atoms with E-state index in [9.17, 15) is 23.1 Å². The van der Waals surface area contributed by atoms with Gasteiger partial charge in [-0.3, -0.25) is 0 Å². The van der Waals surface area contributed by atoms with E-state index in [1.807, 2.05) is 0 Å². The van der Waals surface area contributed by atoms with Crippen LogP contribution in [0, 0.1) is 0 Å². The maximum atomic E-state index is 12.3. The van der Waals surface area contributed by atoms with Crippen LogP contribution in [0.15, 0.2) is 30.3 Å². The molecule has 0 aliphatic carbocycles. The van der Waals surface area contributed by atoms with Gasteiger partial charge in [0, 0.05) is 5.56 Å². The quantitative estimate of drug-likeness (QED) is 0.516. The number of halogens is 3. The predicted octanol–water partition coefficient (Wildman–Crippen LogP) is 3.17. The first kappa shape index (κ1) is 14.1. The van der Waals surface area contributed by atoms with E-state index in [4.69, 9.17) is 0 Å². The van der Waals surface area contributed by atoms with E-state index < -0.39 is 23.5 Å². The molecule has 0 heterocycles. The Bertz CT molecular complexity index is 447. The van der Waals surface area contributed by atoms with Crippen LogP contribution in [0.25, 0.3) is 5.76 Å². The number of alkyl halides is 3. The number of aliphatic hydroxyl groups excluding tert-OH is 1. The molecule has 1 aromatic rings. The molecule has 1 rings (SSSR count). The highest BCUT2D eigenvalue weighted by atomic mass is 19.4. The number of aliphatic hydroxyl groups is 1. The highest BCUT2D eigenvalue weighted by molar-refractivity contribution is 5.89. The summed E-state index contributed by atoms with van der Waals surface area (Å²) in [6.07, 6.45) is -3.62. The Morgan fingerprint density at radius 3 is 2.33 bits per heavy atom. The summed E-state index contributed by atoms with van der Waals surface area (Å²) >= 11 is 0. The molecule has 18 heavy (non-hydrogen) atoms. The van der Waals surface area contributed by atoms with Gasteiger partial charge in [0.15, 0.2) is 0 Å². The van der Waals surface area contributed by atoms with Crippen molar-refractivity contribution in [2.24, 2.45) is 0 Å². The Morgan fingerprint density at radius 1 is 1.33 bits per heavy atom. The second kappa shape index (κ2) is 5.57. The lowest BCUT2D eigenvalue weighted by Crippen LogP contribution is -2.04.